The first-order valence-electron chi connectivity index (χ1n) is 7.46. The summed E-state index contributed by atoms with van der Waals surface area (Å²) in [6.07, 6.45) is 0. The lowest BCUT2D eigenvalue weighted by atomic mass is 9.98. The molecule has 0 saturated carbocycles. The van der Waals surface area contributed by atoms with Crippen molar-refractivity contribution in [1.82, 2.24) is 0 Å². The van der Waals surface area contributed by atoms with Gasteiger partial charge in [0.15, 0.2) is 0 Å². The third kappa shape index (κ3) is 3.38. The van der Waals surface area contributed by atoms with Gasteiger partial charge in [-0.3, -0.25) is 4.79 Å². The van der Waals surface area contributed by atoms with Crippen molar-refractivity contribution < 1.29 is 4.79 Å². The zero-order valence-corrected chi connectivity index (χ0v) is 12.7. The van der Waals surface area contributed by atoms with E-state index in [1.54, 1.807) is 12.1 Å². The molecule has 3 rings (SSSR count). The quantitative estimate of drug-likeness (QED) is 0.721. The summed E-state index contributed by atoms with van der Waals surface area (Å²) in [6, 6.07) is 26.8. The Morgan fingerprint density at radius 2 is 1.22 bits per heavy atom. The first kappa shape index (κ1) is 14.8. The molecular weight excluding hydrogens is 282 g/mol. The number of anilines is 1. The summed E-state index contributed by atoms with van der Waals surface area (Å²) in [7, 11) is 0. The maximum absolute atomic E-state index is 12.4. The van der Waals surface area contributed by atoms with Crippen LogP contribution in [0, 0.1) is 0 Å². The van der Waals surface area contributed by atoms with E-state index in [0.717, 1.165) is 22.4 Å². The summed E-state index contributed by atoms with van der Waals surface area (Å²) in [5.41, 5.74) is 4.23. The van der Waals surface area contributed by atoms with Crippen LogP contribution in [-0.4, -0.2) is 5.91 Å². The first-order chi connectivity index (χ1) is 11.3. The molecule has 112 valence electrons. The smallest absolute Gasteiger partial charge is 0.255 e. The molecule has 0 spiro atoms. The van der Waals surface area contributed by atoms with Crippen molar-refractivity contribution in [1.29, 1.82) is 0 Å². The van der Waals surface area contributed by atoms with Gasteiger partial charge in [0.05, 0.1) is 0 Å². The number of hydrogen-bond donors (Lipinski definition) is 1. The van der Waals surface area contributed by atoms with Gasteiger partial charge in [-0.05, 0) is 29.3 Å². The van der Waals surface area contributed by atoms with E-state index < -0.39 is 0 Å². The molecule has 0 aromatic heterocycles. The van der Waals surface area contributed by atoms with Gasteiger partial charge in [-0.2, -0.15) is 0 Å². The normalized spacial score (nSPS) is 10.1. The molecule has 0 atom stereocenters. The molecular formula is C21H17NO. The second-order valence-corrected chi connectivity index (χ2v) is 5.21. The molecule has 2 nitrogen and oxygen atoms in total. The summed E-state index contributed by atoms with van der Waals surface area (Å²) < 4.78 is 0. The van der Waals surface area contributed by atoms with Crippen LogP contribution in [0.15, 0.2) is 91.5 Å². The summed E-state index contributed by atoms with van der Waals surface area (Å²) in [4.78, 5) is 12.4. The summed E-state index contributed by atoms with van der Waals surface area (Å²) >= 11 is 0. The molecule has 0 saturated heterocycles. The summed E-state index contributed by atoms with van der Waals surface area (Å²) in [5, 5.41) is 2.98. The molecule has 1 amide bonds. The Balaban J connectivity index is 1.90. The number of carbonyl (C=O) groups is 1. The average Bonchev–Trinajstić information content (AvgIpc) is 2.63. The molecule has 0 radical (unpaired) electrons. The zero-order valence-electron chi connectivity index (χ0n) is 12.7. The number of para-hydroxylation sites is 1. The molecule has 0 aliphatic heterocycles. The molecule has 0 bridgehead atoms. The van der Waals surface area contributed by atoms with E-state index in [0.29, 0.717) is 5.56 Å². The van der Waals surface area contributed by atoms with E-state index in [9.17, 15) is 4.79 Å². The Bertz CT molecular complexity index is 823. The van der Waals surface area contributed by atoms with E-state index in [4.69, 9.17) is 0 Å². The minimum Gasteiger partial charge on any atom is -0.321 e. The van der Waals surface area contributed by atoms with Gasteiger partial charge < -0.3 is 5.32 Å². The Morgan fingerprint density at radius 3 is 1.87 bits per heavy atom. The van der Waals surface area contributed by atoms with Crippen molar-refractivity contribution >= 4 is 17.2 Å². The first-order valence-corrected chi connectivity index (χ1v) is 7.46. The lowest BCUT2D eigenvalue weighted by Gasteiger charge is -2.13. The van der Waals surface area contributed by atoms with Gasteiger partial charge in [0, 0.05) is 16.8 Å². The predicted molar refractivity (Wildman–Crippen MR) is 95.4 cm³/mol. The second kappa shape index (κ2) is 6.75. The summed E-state index contributed by atoms with van der Waals surface area (Å²) in [6.45, 7) is 4.18. The fourth-order valence-electron chi connectivity index (χ4n) is 2.43. The van der Waals surface area contributed by atoms with Gasteiger partial charge >= 0.3 is 0 Å². The summed E-state index contributed by atoms with van der Waals surface area (Å²) in [5.74, 6) is -0.126. The van der Waals surface area contributed by atoms with Crippen LogP contribution in [0.3, 0.4) is 0 Å². The lowest BCUT2D eigenvalue weighted by Crippen LogP contribution is -2.13. The molecule has 1 N–H and O–H groups in total. The van der Waals surface area contributed by atoms with Gasteiger partial charge in [-0.15, -0.1) is 0 Å². The van der Waals surface area contributed by atoms with Crippen molar-refractivity contribution in [2.75, 3.05) is 5.32 Å². The molecule has 0 heterocycles. The number of hydrogen-bond acceptors (Lipinski definition) is 1. The fourth-order valence-corrected chi connectivity index (χ4v) is 2.43. The van der Waals surface area contributed by atoms with Crippen LogP contribution in [0.5, 0.6) is 0 Å². The highest BCUT2D eigenvalue weighted by molar-refractivity contribution is 6.06. The molecule has 3 aromatic rings. The monoisotopic (exact) mass is 299 g/mol. The number of nitrogens with one attached hydrogen (secondary N) is 1. The Morgan fingerprint density at radius 1 is 0.696 bits per heavy atom. The Hall–Kier alpha value is -3.13. The maximum atomic E-state index is 12.4. The standard InChI is InChI=1S/C21H17NO/c1-16(17-10-4-2-5-11-17)19-14-8-9-15-20(19)22-21(23)18-12-6-3-7-13-18/h2-15H,1H2,(H,22,23). The average molecular weight is 299 g/mol. The van der Waals surface area contributed by atoms with Gasteiger partial charge in [0.25, 0.3) is 5.91 Å². The van der Waals surface area contributed by atoms with Crippen molar-refractivity contribution in [3.8, 4) is 0 Å². The molecule has 23 heavy (non-hydrogen) atoms. The Labute approximate surface area is 136 Å². The molecule has 2 heteroatoms. The maximum Gasteiger partial charge on any atom is 0.255 e. The van der Waals surface area contributed by atoms with Crippen LogP contribution >= 0.6 is 0 Å². The Kier molecular flexibility index (Phi) is 4.34. The van der Waals surface area contributed by atoms with Gasteiger partial charge in [0.1, 0.15) is 0 Å². The number of amides is 1. The van der Waals surface area contributed by atoms with E-state index in [-0.39, 0.29) is 5.91 Å². The van der Waals surface area contributed by atoms with Crippen molar-refractivity contribution in [2.24, 2.45) is 0 Å². The van der Waals surface area contributed by atoms with Gasteiger partial charge in [-0.25, -0.2) is 0 Å². The van der Waals surface area contributed by atoms with Crippen LogP contribution in [0.25, 0.3) is 5.57 Å². The van der Waals surface area contributed by atoms with E-state index in [1.807, 2.05) is 72.8 Å². The zero-order chi connectivity index (χ0) is 16.1. The molecule has 0 unspecified atom stereocenters. The van der Waals surface area contributed by atoms with Crippen LogP contribution < -0.4 is 5.32 Å². The van der Waals surface area contributed by atoms with Crippen molar-refractivity contribution in [2.45, 2.75) is 0 Å². The molecule has 0 aliphatic carbocycles. The fraction of sp³-hybridized carbons (Fsp3) is 0. The van der Waals surface area contributed by atoms with Crippen LogP contribution in [0.4, 0.5) is 5.69 Å². The third-order valence-corrected chi connectivity index (χ3v) is 3.66. The highest BCUT2D eigenvalue weighted by Crippen LogP contribution is 2.28. The highest BCUT2D eigenvalue weighted by atomic mass is 16.1. The van der Waals surface area contributed by atoms with Crippen molar-refractivity contribution in [3.63, 3.8) is 0 Å². The molecule has 3 aromatic carbocycles. The van der Waals surface area contributed by atoms with Crippen molar-refractivity contribution in [3.05, 3.63) is 108 Å². The van der Waals surface area contributed by atoms with Crippen LogP contribution in [0.1, 0.15) is 21.5 Å². The molecule has 0 fully saturated rings. The van der Waals surface area contributed by atoms with Gasteiger partial charge in [-0.1, -0.05) is 73.3 Å². The number of carbonyl (C=O) groups excluding carboxylic acids is 1. The van der Waals surface area contributed by atoms with E-state index in [2.05, 4.69) is 11.9 Å². The number of rotatable bonds is 4. The second-order valence-electron chi connectivity index (χ2n) is 5.21. The van der Waals surface area contributed by atoms with E-state index in [1.165, 1.54) is 0 Å². The van der Waals surface area contributed by atoms with Crippen LogP contribution in [-0.2, 0) is 0 Å². The largest absolute Gasteiger partial charge is 0.321 e. The third-order valence-electron chi connectivity index (χ3n) is 3.66. The van der Waals surface area contributed by atoms with E-state index >= 15 is 0 Å². The van der Waals surface area contributed by atoms with Crippen LogP contribution in [0.2, 0.25) is 0 Å². The minimum absolute atomic E-state index is 0.126. The minimum atomic E-state index is -0.126. The van der Waals surface area contributed by atoms with Gasteiger partial charge in [0.2, 0.25) is 0 Å². The molecule has 0 aliphatic rings. The SMILES string of the molecule is C=C(c1ccccc1)c1ccccc1NC(=O)c1ccccc1. The predicted octanol–water partition coefficient (Wildman–Crippen LogP) is 5.00. The number of benzene rings is 3. The lowest BCUT2D eigenvalue weighted by molar-refractivity contribution is 0.102. The topological polar surface area (TPSA) is 29.1 Å². The highest BCUT2D eigenvalue weighted by Gasteiger charge is 2.11.